The first-order valence-electron chi connectivity index (χ1n) is 8.55. The summed E-state index contributed by atoms with van der Waals surface area (Å²) < 4.78 is 7.09. The van der Waals surface area contributed by atoms with Crippen molar-refractivity contribution in [2.75, 3.05) is 32.8 Å². The van der Waals surface area contributed by atoms with E-state index in [9.17, 15) is 4.79 Å². The van der Waals surface area contributed by atoms with Crippen LogP contribution in [0.4, 0.5) is 0 Å². The summed E-state index contributed by atoms with van der Waals surface area (Å²) in [7, 11) is 0. The molecule has 1 fully saturated rings. The normalized spacial score (nSPS) is 16.6. The molecule has 7 heteroatoms. The Morgan fingerprint density at radius 1 is 1.32 bits per heavy atom. The predicted octanol–water partition coefficient (Wildman–Crippen LogP) is 2.12. The van der Waals surface area contributed by atoms with E-state index in [1.165, 1.54) is 11.8 Å². The molecular formula is C18H22N4O2S. The number of nitriles is 1. The van der Waals surface area contributed by atoms with Crippen LogP contribution in [0.15, 0.2) is 34.2 Å². The number of morpholine rings is 1. The zero-order valence-electron chi connectivity index (χ0n) is 14.4. The molecular weight excluding hydrogens is 336 g/mol. The zero-order chi connectivity index (χ0) is 17.6. The second-order valence-corrected chi connectivity index (χ2v) is 7.37. The first kappa shape index (κ1) is 17.9. The Morgan fingerprint density at radius 2 is 2.08 bits per heavy atom. The third-order valence-corrected chi connectivity index (χ3v) is 5.23. The van der Waals surface area contributed by atoms with E-state index in [2.05, 4.69) is 16.0 Å². The lowest BCUT2D eigenvalue weighted by molar-refractivity contribution is 0.0368. The monoisotopic (exact) mass is 358 g/mol. The molecule has 1 aliphatic rings. The number of rotatable bonds is 6. The Hall–Kier alpha value is -1.88. The molecule has 2 heterocycles. The van der Waals surface area contributed by atoms with Gasteiger partial charge in [-0.05, 0) is 25.5 Å². The van der Waals surface area contributed by atoms with Crippen molar-refractivity contribution < 1.29 is 4.74 Å². The average Bonchev–Trinajstić information content (AvgIpc) is 2.65. The second kappa shape index (κ2) is 8.48. The molecule has 0 amide bonds. The Bertz CT molecular complexity index is 824. The van der Waals surface area contributed by atoms with Crippen LogP contribution in [0.1, 0.15) is 13.3 Å². The fourth-order valence-corrected chi connectivity index (χ4v) is 3.72. The van der Waals surface area contributed by atoms with Gasteiger partial charge in [-0.15, -0.1) is 0 Å². The smallest absolute Gasteiger partial charge is 0.262 e. The molecule has 1 aromatic heterocycles. The van der Waals surface area contributed by atoms with Crippen molar-refractivity contribution in [1.82, 2.24) is 14.5 Å². The summed E-state index contributed by atoms with van der Waals surface area (Å²) >= 11 is 1.34. The van der Waals surface area contributed by atoms with E-state index < -0.39 is 0 Å². The quantitative estimate of drug-likeness (QED) is 0.582. The fourth-order valence-electron chi connectivity index (χ4n) is 2.90. The van der Waals surface area contributed by atoms with E-state index >= 15 is 0 Å². The first-order valence-corrected chi connectivity index (χ1v) is 9.43. The maximum Gasteiger partial charge on any atom is 0.262 e. The van der Waals surface area contributed by atoms with Crippen molar-refractivity contribution in [2.24, 2.45) is 0 Å². The van der Waals surface area contributed by atoms with Gasteiger partial charge in [-0.2, -0.15) is 5.26 Å². The van der Waals surface area contributed by atoms with E-state index in [0.717, 1.165) is 39.3 Å². The number of benzene rings is 1. The molecule has 25 heavy (non-hydrogen) atoms. The molecule has 0 bridgehead atoms. The lowest BCUT2D eigenvalue weighted by Gasteiger charge is -2.26. The third kappa shape index (κ3) is 4.40. The number of hydrogen-bond donors (Lipinski definition) is 0. The highest BCUT2D eigenvalue weighted by molar-refractivity contribution is 8.00. The van der Waals surface area contributed by atoms with Crippen molar-refractivity contribution in [3.05, 3.63) is 34.6 Å². The summed E-state index contributed by atoms with van der Waals surface area (Å²) in [5.41, 5.74) is 0.657. The second-order valence-electron chi connectivity index (χ2n) is 6.07. The number of aromatic nitrogens is 2. The lowest BCUT2D eigenvalue weighted by Crippen LogP contribution is -2.37. The highest BCUT2D eigenvalue weighted by Crippen LogP contribution is 2.22. The van der Waals surface area contributed by atoms with E-state index in [0.29, 0.717) is 22.6 Å². The van der Waals surface area contributed by atoms with Crippen LogP contribution >= 0.6 is 11.8 Å². The number of nitrogens with zero attached hydrogens (tertiary/aromatic N) is 4. The van der Waals surface area contributed by atoms with E-state index in [1.54, 1.807) is 4.57 Å². The minimum atomic E-state index is -0.251. The predicted molar refractivity (Wildman–Crippen MR) is 98.8 cm³/mol. The summed E-state index contributed by atoms with van der Waals surface area (Å²) in [6, 6.07) is 9.59. The number of fused-ring (bicyclic) bond motifs is 1. The maximum absolute atomic E-state index is 12.9. The minimum Gasteiger partial charge on any atom is -0.379 e. The molecule has 132 valence electrons. The maximum atomic E-state index is 12.9. The van der Waals surface area contributed by atoms with Gasteiger partial charge in [0.05, 0.1) is 35.4 Å². The van der Waals surface area contributed by atoms with Crippen LogP contribution in [0, 0.1) is 11.3 Å². The van der Waals surface area contributed by atoms with Crippen LogP contribution in [-0.2, 0) is 11.3 Å². The topological polar surface area (TPSA) is 71.2 Å². The highest BCUT2D eigenvalue weighted by Gasteiger charge is 2.15. The number of thioether (sulfide) groups is 1. The number of hydrogen-bond acceptors (Lipinski definition) is 6. The van der Waals surface area contributed by atoms with Crippen LogP contribution in [0.25, 0.3) is 10.9 Å². The molecule has 0 radical (unpaired) electrons. The van der Waals surface area contributed by atoms with Crippen LogP contribution in [0.3, 0.4) is 0 Å². The van der Waals surface area contributed by atoms with Gasteiger partial charge in [0, 0.05) is 26.2 Å². The molecule has 0 unspecified atom stereocenters. The summed E-state index contributed by atoms with van der Waals surface area (Å²) in [5, 5.41) is 10.1. The van der Waals surface area contributed by atoms with Gasteiger partial charge in [0.1, 0.15) is 0 Å². The van der Waals surface area contributed by atoms with Crippen molar-refractivity contribution in [2.45, 2.75) is 30.3 Å². The third-order valence-electron chi connectivity index (χ3n) is 4.25. The largest absolute Gasteiger partial charge is 0.379 e. The Labute approximate surface area is 151 Å². The molecule has 0 spiro atoms. The lowest BCUT2D eigenvalue weighted by atomic mass is 10.2. The van der Waals surface area contributed by atoms with Gasteiger partial charge in [-0.1, -0.05) is 23.9 Å². The minimum absolute atomic E-state index is 0.0276. The fraction of sp³-hybridized carbons (Fsp3) is 0.500. The molecule has 6 nitrogen and oxygen atoms in total. The van der Waals surface area contributed by atoms with E-state index in [1.807, 2.05) is 31.2 Å². The van der Waals surface area contributed by atoms with Gasteiger partial charge in [-0.3, -0.25) is 14.3 Å². The van der Waals surface area contributed by atoms with Crippen molar-refractivity contribution in [1.29, 1.82) is 5.26 Å². The van der Waals surface area contributed by atoms with Crippen LogP contribution in [0.5, 0.6) is 0 Å². The Balaban J connectivity index is 1.83. The summed E-state index contributed by atoms with van der Waals surface area (Å²) in [5.74, 6) is 0. The first-order chi connectivity index (χ1) is 12.2. The van der Waals surface area contributed by atoms with Gasteiger partial charge in [0.25, 0.3) is 5.56 Å². The van der Waals surface area contributed by atoms with E-state index in [4.69, 9.17) is 10.00 Å². The zero-order valence-corrected chi connectivity index (χ0v) is 15.2. The summed E-state index contributed by atoms with van der Waals surface area (Å²) in [4.78, 5) is 19.9. The van der Waals surface area contributed by atoms with Gasteiger partial charge < -0.3 is 4.74 Å². The molecule has 1 aliphatic heterocycles. The Morgan fingerprint density at radius 3 is 2.84 bits per heavy atom. The standard InChI is InChI=1S/C18H22N4O2S/c1-14(13-19)25-18-20-16-6-3-2-5-15(16)17(23)22(18)8-4-7-21-9-11-24-12-10-21/h2-3,5-6,14H,4,7-12H2,1H3/t14-/m1/s1. The van der Waals surface area contributed by atoms with Crippen LogP contribution < -0.4 is 5.56 Å². The van der Waals surface area contributed by atoms with Gasteiger partial charge in [0.2, 0.25) is 0 Å². The molecule has 1 atom stereocenters. The number of para-hydroxylation sites is 1. The van der Waals surface area contributed by atoms with Crippen LogP contribution in [-0.4, -0.2) is 52.5 Å². The Kier molecular flexibility index (Phi) is 6.08. The van der Waals surface area contributed by atoms with Crippen molar-refractivity contribution >= 4 is 22.7 Å². The van der Waals surface area contributed by atoms with E-state index in [-0.39, 0.29) is 10.8 Å². The SMILES string of the molecule is C[C@H](C#N)Sc1nc2ccccc2c(=O)n1CCCN1CCOCC1. The molecule has 1 aromatic carbocycles. The number of ether oxygens (including phenoxy) is 1. The van der Waals surface area contributed by atoms with Gasteiger partial charge in [-0.25, -0.2) is 4.98 Å². The molecule has 0 saturated carbocycles. The molecule has 3 rings (SSSR count). The molecule has 0 aliphatic carbocycles. The highest BCUT2D eigenvalue weighted by atomic mass is 32.2. The van der Waals surface area contributed by atoms with Crippen molar-refractivity contribution in [3.8, 4) is 6.07 Å². The molecule has 2 aromatic rings. The molecule has 1 saturated heterocycles. The van der Waals surface area contributed by atoms with Gasteiger partial charge in [0.15, 0.2) is 5.16 Å². The van der Waals surface area contributed by atoms with Gasteiger partial charge >= 0.3 is 0 Å². The van der Waals surface area contributed by atoms with Crippen LogP contribution in [0.2, 0.25) is 0 Å². The molecule has 0 N–H and O–H groups in total. The summed E-state index contributed by atoms with van der Waals surface area (Å²) in [6.45, 7) is 6.80. The van der Waals surface area contributed by atoms with Crippen molar-refractivity contribution in [3.63, 3.8) is 0 Å². The summed E-state index contributed by atoms with van der Waals surface area (Å²) in [6.07, 6.45) is 0.869. The average molecular weight is 358 g/mol.